The maximum absolute atomic E-state index is 5.49. The van der Waals surface area contributed by atoms with Crippen molar-refractivity contribution in [2.75, 3.05) is 24.4 Å². The Kier molecular flexibility index (Phi) is 9.70. The van der Waals surface area contributed by atoms with Gasteiger partial charge < -0.3 is 5.32 Å². The van der Waals surface area contributed by atoms with Crippen LogP contribution in [0.1, 0.15) is 13.3 Å². The van der Waals surface area contributed by atoms with Crippen LogP contribution in [0.2, 0.25) is 0 Å². The third-order valence-electron chi connectivity index (χ3n) is 1.64. The number of hydrogen-bond acceptors (Lipinski definition) is 2. The Morgan fingerprint density at radius 1 is 1.50 bits per heavy atom. The molecule has 0 heterocycles. The van der Waals surface area contributed by atoms with E-state index in [2.05, 4.69) is 24.6 Å². The fraction of sp³-hybridized carbons (Fsp3) is 0.778. The van der Waals surface area contributed by atoms with Crippen LogP contribution in [0.5, 0.6) is 0 Å². The topological polar surface area (TPSA) is 12.0 Å². The summed E-state index contributed by atoms with van der Waals surface area (Å²) in [6, 6.07) is 0.639. The van der Waals surface area contributed by atoms with Gasteiger partial charge in [0.25, 0.3) is 0 Å². The second-order valence-electron chi connectivity index (χ2n) is 2.59. The minimum Gasteiger partial charge on any atom is -0.310 e. The van der Waals surface area contributed by atoms with E-state index in [1.165, 1.54) is 12.2 Å². The molecule has 0 radical (unpaired) electrons. The summed E-state index contributed by atoms with van der Waals surface area (Å²) in [4.78, 5) is 0. The third-order valence-corrected chi connectivity index (χ3v) is 2.55. The van der Waals surface area contributed by atoms with Gasteiger partial charge in [0, 0.05) is 24.2 Å². The number of allylic oxidation sites excluding steroid dienone is 1. The van der Waals surface area contributed by atoms with E-state index >= 15 is 0 Å². The van der Waals surface area contributed by atoms with Crippen molar-refractivity contribution in [3.05, 3.63) is 12.2 Å². The second-order valence-corrected chi connectivity index (χ2v) is 3.81. The molecular weight excluding hydrogens is 190 g/mol. The number of hydrogen-bond donors (Lipinski definition) is 1. The van der Waals surface area contributed by atoms with Crippen LogP contribution in [0, 0.1) is 0 Å². The van der Waals surface area contributed by atoms with E-state index in [9.17, 15) is 0 Å². The quantitative estimate of drug-likeness (QED) is 0.509. The van der Waals surface area contributed by atoms with Crippen molar-refractivity contribution in [1.29, 1.82) is 0 Å². The summed E-state index contributed by atoms with van der Waals surface area (Å²) in [5, 5.41) is 3.44. The Balaban J connectivity index is 3.37. The molecule has 0 aliphatic rings. The maximum Gasteiger partial charge on any atom is 0.0404 e. The molecule has 0 saturated carbocycles. The number of thioether (sulfide) groups is 1. The average Bonchev–Trinajstić information content (AvgIpc) is 2.10. The summed E-state index contributed by atoms with van der Waals surface area (Å²) in [6.07, 6.45) is 7.38. The molecule has 0 bridgehead atoms. The molecule has 0 spiro atoms. The number of halogens is 1. The standard InChI is InChI=1S/C9H18ClNS/c1-3-9(8-12-2)11-7-5-4-6-10/h4-5,9,11H,3,6-8H2,1-2H3/b5-4+. The van der Waals surface area contributed by atoms with Crippen LogP contribution in [0.15, 0.2) is 12.2 Å². The van der Waals surface area contributed by atoms with Gasteiger partial charge in [-0.1, -0.05) is 19.1 Å². The van der Waals surface area contributed by atoms with Crippen molar-refractivity contribution in [2.24, 2.45) is 0 Å². The molecule has 0 aromatic carbocycles. The van der Waals surface area contributed by atoms with E-state index in [4.69, 9.17) is 11.6 Å². The molecule has 0 aliphatic carbocycles. The number of rotatable bonds is 7. The highest BCUT2D eigenvalue weighted by Crippen LogP contribution is 2.00. The van der Waals surface area contributed by atoms with Crippen molar-refractivity contribution in [2.45, 2.75) is 19.4 Å². The van der Waals surface area contributed by atoms with Gasteiger partial charge in [-0.25, -0.2) is 0 Å². The lowest BCUT2D eigenvalue weighted by Crippen LogP contribution is -2.30. The van der Waals surface area contributed by atoms with Gasteiger partial charge in [-0.3, -0.25) is 0 Å². The lowest BCUT2D eigenvalue weighted by Gasteiger charge is -2.13. The molecule has 1 atom stereocenters. The fourth-order valence-electron chi connectivity index (χ4n) is 0.903. The van der Waals surface area contributed by atoms with Crippen molar-refractivity contribution >= 4 is 23.4 Å². The third kappa shape index (κ3) is 7.01. The minimum absolute atomic E-state index is 0.612. The first-order valence-corrected chi connectivity index (χ1v) is 6.21. The first-order chi connectivity index (χ1) is 5.85. The van der Waals surface area contributed by atoms with Crippen LogP contribution in [-0.2, 0) is 0 Å². The average molecular weight is 208 g/mol. The molecule has 12 heavy (non-hydrogen) atoms. The first kappa shape index (κ1) is 12.3. The summed E-state index contributed by atoms with van der Waals surface area (Å²) < 4.78 is 0. The molecule has 0 amide bonds. The lowest BCUT2D eigenvalue weighted by atomic mass is 10.2. The molecule has 0 fully saturated rings. The zero-order valence-corrected chi connectivity index (χ0v) is 9.42. The van der Waals surface area contributed by atoms with Gasteiger partial charge in [-0.15, -0.1) is 11.6 Å². The summed E-state index contributed by atoms with van der Waals surface area (Å²) >= 11 is 7.38. The maximum atomic E-state index is 5.49. The smallest absolute Gasteiger partial charge is 0.0404 e. The molecule has 1 unspecified atom stereocenters. The van der Waals surface area contributed by atoms with Crippen LogP contribution in [0.3, 0.4) is 0 Å². The zero-order chi connectivity index (χ0) is 9.23. The van der Waals surface area contributed by atoms with Crippen LogP contribution in [0.25, 0.3) is 0 Å². The SMILES string of the molecule is CCC(CSC)NC/C=C/CCl. The normalized spacial score (nSPS) is 13.9. The molecule has 0 aromatic rings. The van der Waals surface area contributed by atoms with E-state index in [0.717, 1.165) is 6.54 Å². The first-order valence-electron chi connectivity index (χ1n) is 4.28. The van der Waals surface area contributed by atoms with Gasteiger partial charge in [-0.05, 0) is 12.7 Å². The van der Waals surface area contributed by atoms with Crippen LogP contribution in [0.4, 0.5) is 0 Å². The van der Waals surface area contributed by atoms with E-state index in [0.29, 0.717) is 11.9 Å². The van der Waals surface area contributed by atoms with Crippen molar-refractivity contribution in [3.63, 3.8) is 0 Å². The van der Waals surface area contributed by atoms with Gasteiger partial charge in [-0.2, -0.15) is 11.8 Å². The monoisotopic (exact) mass is 207 g/mol. The van der Waals surface area contributed by atoms with Gasteiger partial charge in [0.2, 0.25) is 0 Å². The van der Waals surface area contributed by atoms with E-state index in [1.807, 2.05) is 17.8 Å². The molecule has 1 N–H and O–H groups in total. The Morgan fingerprint density at radius 2 is 2.25 bits per heavy atom. The summed E-state index contributed by atoms with van der Waals surface area (Å²) in [7, 11) is 0. The van der Waals surface area contributed by atoms with Crippen molar-refractivity contribution in [1.82, 2.24) is 5.32 Å². The molecular formula is C9H18ClNS. The van der Waals surface area contributed by atoms with Crippen LogP contribution >= 0.6 is 23.4 Å². The lowest BCUT2D eigenvalue weighted by molar-refractivity contribution is 0.575. The predicted molar refractivity (Wildman–Crippen MR) is 60.3 cm³/mol. The fourth-order valence-corrected chi connectivity index (χ4v) is 1.79. The molecule has 0 rings (SSSR count). The second kappa shape index (κ2) is 9.43. The molecule has 0 saturated heterocycles. The van der Waals surface area contributed by atoms with Crippen LogP contribution in [-0.4, -0.2) is 30.5 Å². The van der Waals surface area contributed by atoms with Crippen molar-refractivity contribution < 1.29 is 0 Å². The van der Waals surface area contributed by atoms with Crippen molar-refractivity contribution in [3.8, 4) is 0 Å². The Labute approximate surface area is 84.9 Å². The summed E-state index contributed by atoms with van der Waals surface area (Å²) in [5.74, 6) is 1.80. The summed E-state index contributed by atoms with van der Waals surface area (Å²) in [6.45, 7) is 3.14. The van der Waals surface area contributed by atoms with Crippen LogP contribution < -0.4 is 5.32 Å². The van der Waals surface area contributed by atoms with E-state index in [1.54, 1.807) is 0 Å². The van der Waals surface area contributed by atoms with E-state index < -0.39 is 0 Å². The Hall–Kier alpha value is 0.340. The number of nitrogens with one attached hydrogen (secondary N) is 1. The zero-order valence-electron chi connectivity index (χ0n) is 7.85. The van der Waals surface area contributed by atoms with Gasteiger partial charge >= 0.3 is 0 Å². The molecule has 0 aromatic heterocycles. The highest BCUT2D eigenvalue weighted by atomic mass is 35.5. The van der Waals surface area contributed by atoms with E-state index in [-0.39, 0.29) is 0 Å². The molecule has 3 heteroatoms. The van der Waals surface area contributed by atoms with Gasteiger partial charge in [0.1, 0.15) is 0 Å². The largest absolute Gasteiger partial charge is 0.310 e. The Morgan fingerprint density at radius 3 is 2.75 bits per heavy atom. The number of alkyl halides is 1. The predicted octanol–water partition coefficient (Wildman–Crippen LogP) is 2.51. The highest BCUT2D eigenvalue weighted by molar-refractivity contribution is 7.98. The highest BCUT2D eigenvalue weighted by Gasteiger charge is 2.01. The minimum atomic E-state index is 0.612. The molecule has 72 valence electrons. The molecule has 0 aliphatic heterocycles. The van der Waals surface area contributed by atoms with Gasteiger partial charge in [0.05, 0.1) is 0 Å². The Bertz CT molecular complexity index is 117. The van der Waals surface area contributed by atoms with Gasteiger partial charge in [0.15, 0.2) is 0 Å². The molecule has 1 nitrogen and oxygen atoms in total. The summed E-state index contributed by atoms with van der Waals surface area (Å²) in [5.41, 5.74) is 0.